The Morgan fingerprint density at radius 2 is 1.66 bits per heavy atom. The first kappa shape index (κ1) is 30.2. The lowest BCUT2D eigenvalue weighted by Crippen LogP contribution is -2.71. The van der Waals surface area contributed by atoms with Crippen molar-refractivity contribution in [3.63, 3.8) is 0 Å². The lowest BCUT2D eigenvalue weighted by Gasteiger charge is -2.71. The van der Waals surface area contributed by atoms with E-state index in [1.807, 2.05) is 0 Å². The molecule has 12 atom stereocenters. The van der Waals surface area contributed by atoms with Gasteiger partial charge in [0.15, 0.2) is 6.29 Å². The van der Waals surface area contributed by atoms with Crippen LogP contribution in [-0.4, -0.2) is 92.3 Å². The van der Waals surface area contributed by atoms with Crippen molar-refractivity contribution in [2.24, 2.45) is 29.1 Å². The minimum atomic E-state index is -1.49. The summed E-state index contributed by atoms with van der Waals surface area (Å²) in [4.78, 5) is 16.1. The van der Waals surface area contributed by atoms with Crippen LogP contribution in [-0.2, 0) is 14.3 Å². The minimum Gasteiger partial charge on any atom is -0.849 e. The largest absolute Gasteiger partial charge is 0.849 e. The number of hydrogen-bond donors (Lipinski definition) is 4. The first-order valence-electron chi connectivity index (χ1n) is 16.5. The molecule has 2 aliphatic heterocycles. The number of fused-ring (bicyclic) bond motifs is 5. The number of hydrogen-bond acceptors (Lipinski definition) is 8. The van der Waals surface area contributed by atoms with Gasteiger partial charge in [-0.2, -0.15) is 0 Å². The molecule has 0 spiro atoms. The zero-order valence-corrected chi connectivity index (χ0v) is 25.0. The van der Waals surface area contributed by atoms with Gasteiger partial charge in [0, 0.05) is 18.0 Å². The molecule has 4 saturated carbocycles. The smallest absolute Gasteiger partial charge is 0.226 e. The predicted molar refractivity (Wildman–Crippen MR) is 148 cm³/mol. The lowest BCUT2D eigenvalue weighted by atomic mass is 9.43. The SMILES string of the molecule is C[C@]12CCC3[C@@H](CCC4([O-])C[C@@H](O[C@H]5O[C@@H](CO)[C@H](O)[C@@H](O)C5O)CC[C@]34C)C1CCCN2C(=O)C1CCCCC1. The number of ether oxygens (including phenoxy) is 2. The van der Waals surface area contributed by atoms with E-state index in [0.717, 1.165) is 57.9 Å². The van der Waals surface area contributed by atoms with E-state index >= 15 is 0 Å². The molecule has 4 N–H and O–H groups in total. The maximum Gasteiger partial charge on any atom is 0.226 e. The van der Waals surface area contributed by atoms with Gasteiger partial charge in [0.25, 0.3) is 0 Å². The van der Waals surface area contributed by atoms with Crippen molar-refractivity contribution in [2.45, 2.75) is 152 Å². The first-order chi connectivity index (χ1) is 19.5. The molecule has 6 rings (SSSR count). The van der Waals surface area contributed by atoms with Crippen molar-refractivity contribution in [3.05, 3.63) is 0 Å². The van der Waals surface area contributed by atoms with E-state index in [2.05, 4.69) is 18.7 Å². The van der Waals surface area contributed by atoms with Gasteiger partial charge >= 0.3 is 0 Å². The molecule has 1 amide bonds. The summed E-state index contributed by atoms with van der Waals surface area (Å²) in [5, 5.41) is 55.0. The van der Waals surface area contributed by atoms with Crippen molar-refractivity contribution >= 4 is 5.91 Å². The summed E-state index contributed by atoms with van der Waals surface area (Å²) in [7, 11) is 0. The molecular formula is C32H52NO8-. The van der Waals surface area contributed by atoms with Crippen molar-refractivity contribution in [1.29, 1.82) is 0 Å². The topological polar surface area (TPSA) is 143 Å². The molecule has 234 valence electrons. The van der Waals surface area contributed by atoms with Gasteiger partial charge in [-0.25, -0.2) is 0 Å². The number of nitrogens with zero attached hydrogens (tertiary/aromatic N) is 1. The highest BCUT2D eigenvalue weighted by Crippen LogP contribution is 2.64. The Morgan fingerprint density at radius 3 is 2.39 bits per heavy atom. The zero-order valence-electron chi connectivity index (χ0n) is 25.0. The Kier molecular flexibility index (Phi) is 8.31. The summed E-state index contributed by atoms with van der Waals surface area (Å²) in [5.41, 5.74) is -1.65. The fourth-order valence-electron chi connectivity index (χ4n) is 10.5. The second kappa shape index (κ2) is 11.3. The summed E-state index contributed by atoms with van der Waals surface area (Å²) >= 11 is 0. The number of amides is 1. The van der Waals surface area contributed by atoms with Crippen LogP contribution in [0.2, 0.25) is 0 Å². The van der Waals surface area contributed by atoms with Crippen LogP contribution in [0.15, 0.2) is 0 Å². The van der Waals surface area contributed by atoms with E-state index in [1.165, 1.54) is 19.3 Å². The Balaban J connectivity index is 1.15. The monoisotopic (exact) mass is 578 g/mol. The molecule has 6 fully saturated rings. The molecule has 6 aliphatic rings. The number of carbonyl (C=O) groups is 1. The first-order valence-corrected chi connectivity index (χ1v) is 16.5. The molecule has 0 aromatic heterocycles. The normalized spacial score (nSPS) is 50.9. The second-order valence-electron chi connectivity index (χ2n) is 14.9. The summed E-state index contributed by atoms with van der Waals surface area (Å²) < 4.78 is 11.7. The molecule has 2 heterocycles. The van der Waals surface area contributed by atoms with Crippen molar-refractivity contribution in [2.75, 3.05) is 13.2 Å². The molecule has 0 bridgehead atoms. The molecule has 4 aliphatic carbocycles. The second-order valence-corrected chi connectivity index (χ2v) is 14.9. The van der Waals surface area contributed by atoms with Crippen LogP contribution in [0.1, 0.15) is 104 Å². The molecule has 41 heavy (non-hydrogen) atoms. The maximum absolute atomic E-state index is 14.7. The standard InChI is InChI=1S/C32H52NO8/c1-30-13-10-20(40-29-27(37)26(36)25(35)24(18-34)41-29)17-32(30,39)15-11-21-22(30)12-14-31(2)23(21)9-6-16-33(31)28(38)19-7-4-3-5-8-19/h19-27,29,34-37H,3-18H2,1-2H3/q-1/t20-,21+,22?,23?,24-,25-,26+,27?,29-,30+,31-,32?/m0/s1. The van der Waals surface area contributed by atoms with Crippen LogP contribution in [0, 0.1) is 29.1 Å². The summed E-state index contributed by atoms with van der Waals surface area (Å²) in [6, 6.07) is 0. The van der Waals surface area contributed by atoms with E-state index in [9.17, 15) is 30.3 Å². The molecule has 9 nitrogen and oxygen atoms in total. The Labute approximate surface area is 244 Å². The average molecular weight is 579 g/mol. The lowest BCUT2D eigenvalue weighted by molar-refractivity contribution is -0.534. The van der Waals surface area contributed by atoms with Gasteiger partial charge in [-0.05, 0) is 87.9 Å². The molecular weight excluding hydrogens is 526 g/mol. The number of carbonyl (C=O) groups excluding carboxylic acids is 1. The Bertz CT molecular complexity index is 958. The highest BCUT2D eigenvalue weighted by atomic mass is 16.7. The van der Waals surface area contributed by atoms with Crippen LogP contribution >= 0.6 is 0 Å². The van der Waals surface area contributed by atoms with Crippen molar-refractivity contribution in [1.82, 2.24) is 4.90 Å². The number of rotatable bonds is 4. The van der Waals surface area contributed by atoms with Crippen LogP contribution < -0.4 is 5.11 Å². The van der Waals surface area contributed by atoms with Gasteiger partial charge in [-0.3, -0.25) is 4.79 Å². The average Bonchev–Trinajstić information content (AvgIpc) is 2.97. The van der Waals surface area contributed by atoms with Crippen LogP contribution in [0.25, 0.3) is 0 Å². The molecule has 0 radical (unpaired) electrons. The predicted octanol–water partition coefficient (Wildman–Crippen LogP) is 1.86. The quantitative estimate of drug-likeness (QED) is 0.370. The van der Waals surface area contributed by atoms with Gasteiger partial charge in [0.1, 0.15) is 24.4 Å². The van der Waals surface area contributed by atoms with E-state index < -0.39 is 49.0 Å². The summed E-state index contributed by atoms with van der Waals surface area (Å²) in [5.74, 6) is 1.79. The van der Waals surface area contributed by atoms with Crippen LogP contribution in [0.5, 0.6) is 0 Å². The van der Waals surface area contributed by atoms with Gasteiger partial charge in [0.2, 0.25) is 5.91 Å². The van der Waals surface area contributed by atoms with E-state index in [-0.39, 0.29) is 16.9 Å². The van der Waals surface area contributed by atoms with Gasteiger partial charge in [-0.1, -0.05) is 39.0 Å². The van der Waals surface area contributed by atoms with Crippen molar-refractivity contribution < 1.29 is 39.8 Å². The molecule has 2 saturated heterocycles. The highest BCUT2D eigenvalue weighted by molar-refractivity contribution is 5.80. The third-order valence-electron chi connectivity index (χ3n) is 13.0. The molecule has 9 heteroatoms. The third-order valence-corrected chi connectivity index (χ3v) is 13.0. The van der Waals surface area contributed by atoms with Gasteiger partial charge in [-0.15, -0.1) is 5.60 Å². The molecule has 0 aromatic carbocycles. The molecule has 4 unspecified atom stereocenters. The summed E-state index contributed by atoms with van der Waals surface area (Å²) in [6.07, 6.45) is 5.89. The highest BCUT2D eigenvalue weighted by Gasteiger charge is 2.61. The van der Waals surface area contributed by atoms with E-state index in [1.54, 1.807) is 0 Å². The van der Waals surface area contributed by atoms with Gasteiger partial charge in [0.05, 0.1) is 12.7 Å². The van der Waals surface area contributed by atoms with Crippen LogP contribution in [0.3, 0.4) is 0 Å². The molecule has 0 aromatic rings. The van der Waals surface area contributed by atoms with E-state index in [0.29, 0.717) is 42.9 Å². The number of aliphatic hydroxyl groups is 4. The fraction of sp³-hybridized carbons (Fsp3) is 0.969. The Morgan fingerprint density at radius 1 is 0.902 bits per heavy atom. The van der Waals surface area contributed by atoms with E-state index in [4.69, 9.17) is 9.47 Å². The minimum absolute atomic E-state index is 0.114. The zero-order chi connectivity index (χ0) is 29.2. The fourth-order valence-corrected chi connectivity index (χ4v) is 10.5. The maximum atomic E-state index is 14.7. The number of piperidine rings is 1. The van der Waals surface area contributed by atoms with Crippen LogP contribution in [0.4, 0.5) is 0 Å². The Hall–Kier alpha value is -0.810. The van der Waals surface area contributed by atoms with Gasteiger partial charge < -0.3 is 39.9 Å². The third kappa shape index (κ3) is 4.90. The summed E-state index contributed by atoms with van der Waals surface area (Å²) in [6.45, 7) is 4.92. The van der Waals surface area contributed by atoms with Crippen molar-refractivity contribution in [3.8, 4) is 0 Å². The number of likely N-dealkylation sites (tertiary alicyclic amines) is 1. The number of aliphatic hydroxyl groups excluding tert-OH is 4.